The lowest BCUT2D eigenvalue weighted by molar-refractivity contribution is 0.560. The van der Waals surface area contributed by atoms with Gasteiger partial charge in [0.2, 0.25) is 0 Å². The molecule has 1 aromatic rings. The molecular weight excluding hydrogens is 218 g/mol. The lowest BCUT2D eigenvalue weighted by Gasteiger charge is -2.29. The van der Waals surface area contributed by atoms with Gasteiger partial charge in [-0.25, -0.2) is 0 Å². The molecule has 0 bridgehead atoms. The second-order valence-corrected chi connectivity index (χ2v) is 5.23. The number of allylic oxidation sites excluding steroid dienone is 2. The van der Waals surface area contributed by atoms with Crippen molar-refractivity contribution in [1.29, 1.82) is 0 Å². The van der Waals surface area contributed by atoms with Crippen molar-refractivity contribution in [1.82, 2.24) is 0 Å². The normalized spacial score (nSPS) is 22.4. The van der Waals surface area contributed by atoms with E-state index in [1.165, 1.54) is 29.5 Å². The summed E-state index contributed by atoms with van der Waals surface area (Å²) in [6, 6.07) is 6.56. The Morgan fingerprint density at radius 3 is 2.78 bits per heavy atom. The summed E-state index contributed by atoms with van der Waals surface area (Å²) in [4.78, 5) is 0. The zero-order valence-electron chi connectivity index (χ0n) is 11.4. The van der Waals surface area contributed by atoms with E-state index >= 15 is 0 Å². The van der Waals surface area contributed by atoms with Gasteiger partial charge in [-0.1, -0.05) is 55.8 Å². The summed E-state index contributed by atoms with van der Waals surface area (Å²) in [5.41, 5.74) is 10.3. The van der Waals surface area contributed by atoms with Crippen LogP contribution in [0.4, 0.5) is 0 Å². The van der Waals surface area contributed by atoms with E-state index in [1.807, 2.05) is 0 Å². The lowest BCUT2D eigenvalue weighted by atomic mass is 9.81. The first-order chi connectivity index (χ1) is 8.67. The van der Waals surface area contributed by atoms with Crippen molar-refractivity contribution in [2.45, 2.75) is 45.1 Å². The standard InChI is InChI=1S/C17H23N/c1-3-4-9-15-10-8-11-16(14(15)2)17(18)12-6-5-7-13-17/h5-8,10-12H,3-4,9,13,18H2,1-2H3. The zero-order valence-corrected chi connectivity index (χ0v) is 11.4. The van der Waals surface area contributed by atoms with E-state index in [1.54, 1.807) is 0 Å². The van der Waals surface area contributed by atoms with Crippen LogP contribution in [0, 0.1) is 6.92 Å². The van der Waals surface area contributed by atoms with Crippen LogP contribution in [0.2, 0.25) is 0 Å². The largest absolute Gasteiger partial charge is 0.318 e. The van der Waals surface area contributed by atoms with Crippen LogP contribution in [-0.2, 0) is 12.0 Å². The summed E-state index contributed by atoms with van der Waals surface area (Å²) in [6.45, 7) is 4.44. The molecule has 1 aliphatic rings. The molecule has 0 fully saturated rings. The fraction of sp³-hybridized carbons (Fsp3) is 0.412. The second kappa shape index (κ2) is 5.53. The van der Waals surface area contributed by atoms with Crippen LogP contribution in [0.5, 0.6) is 0 Å². The monoisotopic (exact) mass is 241 g/mol. The molecule has 0 aromatic heterocycles. The Hall–Kier alpha value is -1.34. The third-order valence-corrected chi connectivity index (χ3v) is 3.84. The first kappa shape index (κ1) is 13.1. The van der Waals surface area contributed by atoms with Gasteiger partial charge in [-0.2, -0.15) is 0 Å². The van der Waals surface area contributed by atoms with Crippen molar-refractivity contribution < 1.29 is 0 Å². The minimum absolute atomic E-state index is 0.318. The van der Waals surface area contributed by atoms with E-state index in [0.29, 0.717) is 0 Å². The first-order valence-corrected chi connectivity index (χ1v) is 6.89. The van der Waals surface area contributed by atoms with Crippen molar-refractivity contribution in [3.63, 3.8) is 0 Å². The van der Waals surface area contributed by atoms with Crippen LogP contribution in [0.1, 0.15) is 42.9 Å². The van der Waals surface area contributed by atoms with Crippen LogP contribution < -0.4 is 5.73 Å². The van der Waals surface area contributed by atoms with E-state index in [-0.39, 0.29) is 5.54 Å². The average Bonchev–Trinajstić information content (AvgIpc) is 2.38. The molecule has 18 heavy (non-hydrogen) atoms. The van der Waals surface area contributed by atoms with Gasteiger partial charge in [-0.05, 0) is 42.9 Å². The van der Waals surface area contributed by atoms with Gasteiger partial charge < -0.3 is 5.73 Å². The van der Waals surface area contributed by atoms with Gasteiger partial charge in [0.05, 0.1) is 5.54 Å². The highest BCUT2D eigenvalue weighted by Crippen LogP contribution is 2.31. The van der Waals surface area contributed by atoms with E-state index in [2.05, 4.69) is 56.4 Å². The summed E-state index contributed by atoms with van der Waals surface area (Å²) < 4.78 is 0. The Balaban J connectivity index is 2.33. The summed E-state index contributed by atoms with van der Waals surface area (Å²) in [5, 5.41) is 0. The summed E-state index contributed by atoms with van der Waals surface area (Å²) in [7, 11) is 0. The van der Waals surface area contributed by atoms with E-state index < -0.39 is 0 Å². The van der Waals surface area contributed by atoms with Gasteiger partial charge in [0.15, 0.2) is 0 Å². The molecule has 0 aliphatic heterocycles. The van der Waals surface area contributed by atoms with Gasteiger partial charge in [0.25, 0.3) is 0 Å². The Morgan fingerprint density at radius 1 is 1.28 bits per heavy atom. The van der Waals surface area contributed by atoms with Crippen molar-refractivity contribution >= 4 is 0 Å². The van der Waals surface area contributed by atoms with Gasteiger partial charge in [0, 0.05) is 0 Å². The highest BCUT2D eigenvalue weighted by atomic mass is 14.7. The molecule has 1 aliphatic carbocycles. The van der Waals surface area contributed by atoms with Gasteiger partial charge in [-0.3, -0.25) is 0 Å². The van der Waals surface area contributed by atoms with Crippen molar-refractivity contribution in [3.8, 4) is 0 Å². The molecule has 0 spiro atoms. The predicted octanol–water partition coefficient (Wildman–Crippen LogP) is 4.01. The molecule has 1 aromatic carbocycles. The number of benzene rings is 1. The molecule has 1 heteroatoms. The number of aryl methyl sites for hydroxylation is 1. The fourth-order valence-electron chi connectivity index (χ4n) is 2.66. The average molecular weight is 241 g/mol. The Kier molecular flexibility index (Phi) is 4.03. The molecule has 0 heterocycles. The topological polar surface area (TPSA) is 26.0 Å². The smallest absolute Gasteiger partial charge is 0.0636 e. The maximum absolute atomic E-state index is 6.54. The fourth-order valence-corrected chi connectivity index (χ4v) is 2.66. The van der Waals surface area contributed by atoms with Crippen LogP contribution >= 0.6 is 0 Å². The van der Waals surface area contributed by atoms with Crippen molar-refractivity contribution in [2.75, 3.05) is 0 Å². The molecular formula is C17H23N. The molecule has 2 rings (SSSR count). The third-order valence-electron chi connectivity index (χ3n) is 3.84. The molecule has 0 saturated heterocycles. The van der Waals surface area contributed by atoms with Crippen LogP contribution in [0.3, 0.4) is 0 Å². The highest BCUT2D eigenvalue weighted by molar-refractivity contribution is 5.43. The zero-order chi connectivity index (χ0) is 13.0. The number of hydrogen-bond donors (Lipinski definition) is 1. The predicted molar refractivity (Wildman–Crippen MR) is 78.6 cm³/mol. The number of nitrogens with two attached hydrogens (primary N) is 1. The number of rotatable bonds is 4. The summed E-state index contributed by atoms with van der Waals surface area (Å²) in [5.74, 6) is 0. The van der Waals surface area contributed by atoms with Crippen molar-refractivity contribution in [2.24, 2.45) is 5.73 Å². The van der Waals surface area contributed by atoms with E-state index in [4.69, 9.17) is 5.73 Å². The lowest BCUT2D eigenvalue weighted by Crippen LogP contribution is -2.35. The maximum atomic E-state index is 6.54. The van der Waals surface area contributed by atoms with Gasteiger partial charge in [0.1, 0.15) is 0 Å². The first-order valence-electron chi connectivity index (χ1n) is 6.89. The summed E-state index contributed by atoms with van der Waals surface area (Å²) >= 11 is 0. The highest BCUT2D eigenvalue weighted by Gasteiger charge is 2.26. The molecule has 0 radical (unpaired) electrons. The van der Waals surface area contributed by atoms with Gasteiger partial charge >= 0.3 is 0 Å². The minimum atomic E-state index is -0.318. The SMILES string of the molecule is CCCCc1cccc(C2(N)C=CC=CC2)c1C. The van der Waals surface area contributed by atoms with Crippen LogP contribution in [0.15, 0.2) is 42.5 Å². The summed E-state index contributed by atoms with van der Waals surface area (Å²) in [6.07, 6.45) is 12.9. The molecule has 0 saturated carbocycles. The molecule has 1 unspecified atom stereocenters. The quantitative estimate of drug-likeness (QED) is 0.847. The number of unbranched alkanes of at least 4 members (excludes halogenated alkanes) is 1. The second-order valence-electron chi connectivity index (χ2n) is 5.23. The minimum Gasteiger partial charge on any atom is -0.318 e. The Labute approximate surface area is 110 Å². The Bertz CT molecular complexity index is 470. The maximum Gasteiger partial charge on any atom is 0.0636 e. The molecule has 2 N–H and O–H groups in total. The van der Waals surface area contributed by atoms with Gasteiger partial charge in [-0.15, -0.1) is 0 Å². The van der Waals surface area contributed by atoms with Crippen LogP contribution in [0.25, 0.3) is 0 Å². The van der Waals surface area contributed by atoms with E-state index in [0.717, 1.165) is 12.8 Å². The molecule has 96 valence electrons. The molecule has 1 nitrogen and oxygen atoms in total. The van der Waals surface area contributed by atoms with Crippen molar-refractivity contribution in [3.05, 3.63) is 59.2 Å². The van der Waals surface area contributed by atoms with Crippen LogP contribution in [-0.4, -0.2) is 0 Å². The van der Waals surface area contributed by atoms with E-state index in [9.17, 15) is 0 Å². The Morgan fingerprint density at radius 2 is 2.11 bits per heavy atom. The molecule has 1 atom stereocenters. The number of hydrogen-bond acceptors (Lipinski definition) is 1. The molecule has 0 amide bonds. The third kappa shape index (κ3) is 2.56.